The average molecular weight is 278 g/mol. The van der Waals surface area contributed by atoms with Crippen molar-refractivity contribution in [2.75, 3.05) is 6.61 Å². The Labute approximate surface area is 117 Å². The third-order valence-corrected chi connectivity index (χ3v) is 2.70. The van der Waals surface area contributed by atoms with Crippen molar-refractivity contribution >= 4 is 5.97 Å². The lowest BCUT2D eigenvalue weighted by Gasteiger charge is -2.02. The fourth-order valence-corrected chi connectivity index (χ4v) is 1.84. The van der Waals surface area contributed by atoms with Crippen LogP contribution in [0.2, 0.25) is 0 Å². The molecule has 0 spiro atoms. The number of oxazole rings is 2. The van der Waals surface area contributed by atoms with Gasteiger partial charge in [-0.3, -0.25) is 0 Å². The standard InChI is InChI=1S/C14H18N2O4/c1-5-18-14(17)12-10(6-8(2)3)16-13(20-12)11-9(4)15-7-19-11/h7-8H,5-6H2,1-4H3. The zero-order chi connectivity index (χ0) is 14.7. The molecular formula is C14H18N2O4. The van der Waals surface area contributed by atoms with Gasteiger partial charge in [0.25, 0.3) is 5.89 Å². The minimum absolute atomic E-state index is 0.145. The Morgan fingerprint density at radius 1 is 1.45 bits per heavy atom. The van der Waals surface area contributed by atoms with Crippen LogP contribution < -0.4 is 0 Å². The normalized spacial score (nSPS) is 11.1. The molecule has 0 fully saturated rings. The summed E-state index contributed by atoms with van der Waals surface area (Å²) in [5, 5.41) is 0. The smallest absolute Gasteiger partial charge is 0.376 e. The summed E-state index contributed by atoms with van der Waals surface area (Å²) in [6.45, 7) is 7.91. The summed E-state index contributed by atoms with van der Waals surface area (Å²) < 4.78 is 15.8. The van der Waals surface area contributed by atoms with Gasteiger partial charge >= 0.3 is 5.97 Å². The highest BCUT2D eigenvalue weighted by atomic mass is 16.5. The van der Waals surface area contributed by atoms with E-state index < -0.39 is 5.97 Å². The predicted molar refractivity (Wildman–Crippen MR) is 71.2 cm³/mol. The first-order chi connectivity index (χ1) is 9.52. The summed E-state index contributed by atoms with van der Waals surface area (Å²) >= 11 is 0. The fourth-order valence-electron chi connectivity index (χ4n) is 1.84. The van der Waals surface area contributed by atoms with Gasteiger partial charge in [0.15, 0.2) is 6.39 Å². The zero-order valence-corrected chi connectivity index (χ0v) is 12.1. The molecule has 0 aromatic carbocycles. The molecule has 2 rings (SSSR count). The molecule has 2 aromatic rings. The molecule has 2 aromatic heterocycles. The van der Waals surface area contributed by atoms with Crippen LogP contribution in [-0.2, 0) is 11.2 Å². The summed E-state index contributed by atoms with van der Waals surface area (Å²) in [6, 6.07) is 0. The number of aryl methyl sites for hydroxylation is 1. The Balaban J connectivity index is 2.41. The van der Waals surface area contributed by atoms with Gasteiger partial charge in [-0.1, -0.05) is 13.8 Å². The molecule has 0 unspecified atom stereocenters. The van der Waals surface area contributed by atoms with Crippen LogP contribution in [0.15, 0.2) is 15.2 Å². The lowest BCUT2D eigenvalue weighted by molar-refractivity contribution is 0.0489. The number of carbonyl (C=O) groups excluding carboxylic acids is 1. The SMILES string of the molecule is CCOC(=O)c1oc(-c2ocnc2C)nc1CC(C)C. The highest BCUT2D eigenvalue weighted by molar-refractivity contribution is 5.88. The topological polar surface area (TPSA) is 78.4 Å². The van der Waals surface area contributed by atoms with Crippen LogP contribution in [0.3, 0.4) is 0 Å². The molecule has 0 bridgehead atoms. The Morgan fingerprint density at radius 3 is 2.75 bits per heavy atom. The summed E-state index contributed by atoms with van der Waals surface area (Å²) in [4.78, 5) is 20.3. The predicted octanol–water partition coefficient (Wildman–Crippen LogP) is 3.01. The van der Waals surface area contributed by atoms with E-state index in [1.54, 1.807) is 13.8 Å². The van der Waals surface area contributed by atoms with Gasteiger partial charge in [0.1, 0.15) is 0 Å². The molecule has 0 saturated heterocycles. The number of hydrogen-bond donors (Lipinski definition) is 0. The van der Waals surface area contributed by atoms with Crippen molar-refractivity contribution in [1.29, 1.82) is 0 Å². The maximum atomic E-state index is 11.9. The van der Waals surface area contributed by atoms with Crippen LogP contribution in [0.4, 0.5) is 0 Å². The number of ether oxygens (including phenoxy) is 1. The molecule has 0 N–H and O–H groups in total. The highest BCUT2D eigenvalue weighted by Crippen LogP contribution is 2.26. The number of aromatic nitrogens is 2. The minimum Gasteiger partial charge on any atom is -0.460 e. The lowest BCUT2D eigenvalue weighted by Crippen LogP contribution is -2.08. The summed E-state index contributed by atoms with van der Waals surface area (Å²) in [5.74, 6) is 0.687. The molecule has 2 heterocycles. The lowest BCUT2D eigenvalue weighted by atomic mass is 10.1. The summed E-state index contributed by atoms with van der Waals surface area (Å²) in [5.41, 5.74) is 1.25. The maximum absolute atomic E-state index is 11.9. The molecule has 108 valence electrons. The molecule has 0 radical (unpaired) electrons. The third-order valence-electron chi connectivity index (χ3n) is 2.70. The largest absolute Gasteiger partial charge is 0.460 e. The van der Waals surface area contributed by atoms with E-state index >= 15 is 0 Å². The van der Waals surface area contributed by atoms with E-state index in [2.05, 4.69) is 9.97 Å². The highest BCUT2D eigenvalue weighted by Gasteiger charge is 2.24. The van der Waals surface area contributed by atoms with Crippen LogP contribution in [0, 0.1) is 12.8 Å². The third kappa shape index (κ3) is 2.89. The number of esters is 1. The molecule has 0 aliphatic rings. The molecule has 20 heavy (non-hydrogen) atoms. The molecule has 0 aliphatic heterocycles. The second-order valence-electron chi connectivity index (χ2n) is 4.88. The van der Waals surface area contributed by atoms with Crippen molar-refractivity contribution in [3.63, 3.8) is 0 Å². The molecule has 0 aliphatic carbocycles. The maximum Gasteiger partial charge on any atom is 0.376 e. The van der Waals surface area contributed by atoms with Crippen LogP contribution in [0.1, 0.15) is 42.7 Å². The fraction of sp³-hybridized carbons (Fsp3) is 0.500. The van der Waals surface area contributed by atoms with Crippen molar-refractivity contribution in [2.45, 2.75) is 34.1 Å². The van der Waals surface area contributed by atoms with Crippen molar-refractivity contribution in [3.05, 3.63) is 23.5 Å². The van der Waals surface area contributed by atoms with Crippen molar-refractivity contribution in [1.82, 2.24) is 9.97 Å². The Kier molecular flexibility index (Phi) is 4.22. The van der Waals surface area contributed by atoms with Crippen LogP contribution in [0.25, 0.3) is 11.7 Å². The Hall–Kier alpha value is -2.11. The second kappa shape index (κ2) is 5.90. The number of hydrogen-bond acceptors (Lipinski definition) is 6. The minimum atomic E-state index is -0.501. The molecule has 0 atom stereocenters. The molecule has 6 nitrogen and oxygen atoms in total. The molecule has 0 amide bonds. The van der Waals surface area contributed by atoms with Gasteiger partial charge in [0.2, 0.25) is 11.5 Å². The van der Waals surface area contributed by atoms with E-state index in [1.165, 1.54) is 6.39 Å². The van der Waals surface area contributed by atoms with E-state index in [0.29, 0.717) is 29.5 Å². The average Bonchev–Trinajstić information content (AvgIpc) is 2.95. The summed E-state index contributed by atoms with van der Waals surface area (Å²) in [7, 11) is 0. The number of rotatable bonds is 5. The van der Waals surface area contributed by atoms with E-state index in [-0.39, 0.29) is 18.3 Å². The second-order valence-corrected chi connectivity index (χ2v) is 4.88. The van der Waals surface area contributed by atoms with Gasteiger partial charge in [-0.25, -0.2) is 14.8 Å². The Bertz CT molecular complexity index is 598. The van der Waals surface area contributed by atoms with Gasteiger partial charge in [0, 0.05) is 0 Å². The number of nitrogens with zero attached hydrogens (tertiary/aromatic N) is 2. The quantitative estimate of drug-likeness (QED) is 0.782. The first-order valence-corrected chi connectivity index (χ1v) is 6.60. The van der Waals surface area contributed by atoms with Crippen LogP contribution in [0.5, 0.6) is 0 Å². The van der Waals surface area contributed by atoms with Crippen LogP contribution in [-0.4, -0.2) is 22.5 Å². The first-order valence-electron chi connectivity index (χ1n) is 6.60. The van der Waals surface area contributed by atoms with E-state index in [0.717, 1.165) is 0 Å². The van der Waals surface area contributed by atoms with E-state index in [4.69, 9.17) is 13.6 Å². The van der Waals surface area contributed by atoms with E-state index in [1.807, 2.05) is 13.8 Å². The molecule has 6 heteroatoms. The van der Waals surface area contributed by atoms with Gasteiger partial charge in [-0.05, 0) is 26.2 Å². The van der Waals surface area contributed by atoms with Gasteiger partial charge in [0.05, 0.1) is 18.0 Å². The van der Waals surface area contributed by atoms with Gasteiger partial charge in [-0.15, -0.1) is 0 Å². The zero-order valence-electron chi connectivity index (χ0n) is 12.1. The van der Waals surface area contributed by atoms with Gasteiger partial charge < -0.3 is 13.6 Å². The molecular weight excluding hydrogens is 260 g/mol. The van der Waals surface area contributed by atoms with Crippen molar-refractivity contribution in [3.8, 4) is 11.7 Å². The monoisotopic (exact) mass is 278 g/mol. The first kappa shape index (κ1) is 14.3. The van der Waals surface area contributed by atoms with Crippen molar-refractivity contribution < 1.29 is 18.4 Å². The number of carbonyl (C=O) groups is 1. The van der Waals surface area contributed by atoms with Gasteiger partial charge in [-0.2, -0.15) is 0 Å². The summed E-state index contributed by atoms with van der Waals surface area (Å²) in [6.07, 6.45) is 1.95. The Morgan fingerprint density at radius 2 is 2.20 bits per heavy atom. The molecule has 0 saturated carbocycles. The van der Waals surface area contributed by atoms with Crippen molar-refractivity contribution in [2.24, 2.45) is 5.92 Å². The van der Waals surface area contributed by atoms with Crippen LogP contribution >= 0.6 is 0 Å². The van der Waals surface area contributed by atoms with E-state index in [9.17, 15) is 4.79 Å².